The Hall–Kier alpha value is -2.48. The first-order chi connectivity index (χ1) is 14.3. The van der Waals surface area contributed by atoms with E-state index in [1.807, 2.05) is 16.8 Å². The number of tetrazole rings is 1. The number of hydrogen-bond donors (Lipinski definition) is 0. The van der Waals surface area contributed by atoms with Crippen molar-refractivity contribution in [1.29, 1.82) is 0 Å². The van der Waals surface area contributed by atoms with E-state index in [1.165, 1.54) is 5.69 Å². The molecule has 1 saturated heterocycles. The Labute approximate surface area is 175 Å². The van der Waals surface area contributed by atoms with E-state index < -0.39 is 0 Å². The van der Waals surface area contributed by atoms with Crippen LogP contribution in [0.5, 0.6) is 0 Å². The number of anilines is 1. The zero-order valence-electron chi connectivity index (χ0n) is 16.5. The summed E-state index contributed by atoms with van der Waals surface area (Å²) in [5.74, 6) is 0.831. The highest BCUT2D eigenvalue weighted by molar-refractivity contribution is 6.30. The van der Waals surface area contributed by atoms with Gasteiger partial charge >= 0.3 is 0 Å². The monoisotopic (exact) mass is 412 g/mol. The smallest absolute Gasteiger partial charge is 0.173 e. The topological polar surface area (TPSA) is 59.3 Å². The average molecular weight is 413 g/mol. The molecule has 8 heteroatoms. The van der Waals surface area contributed by atoms with Crippen molar-refractivity contribution in [3.05, 3.63) is 71.0 Å². The Morgan fingerprint density at radius 2 is 1.72 bits per heavy atom. The molecule has 0 bridgehead atoms. The molecule has 152 valence electrons. The van der Waals surface area contributed by atoms with Gasteiger partial charge in [-0.25, -0.2) is 4.68 Å². The van der Waals surface area contributed by atoms with Gasteiger partial charge in [0.05, 0.1) is 19.2 Å². The Morgan fingerprint density at radius 3 is 2.41 bits per heavy atom. The molecule has 1 aromatic heterocycles. The van der Waals surface area contributed by atoms with E-state index >= 15 is 0 Å². The summed E-state index contributed by atoms with van der Waals surface area (Å²) in [5.41, 5.74) is 2.40. The second-order valence-corrected chi connectivity index (χ2v) is 7.50. The van der Waals surface area contributed by atoms with Gasteiger partial charge in [0.15, 0.2) is 5.82 Å². The van der Waals surface area contributed by atoms with Gasteiger partial charge in [-0.15, -0.1) is 5.10 Å². The molecule has 0 N–H and O–H groups in total. The Bertz CT molecular complexity index is 893. The quantitative estimate of drug-likeness (QED) is 0.594. The lowest BCUT2D eigenvalue weighted by Gasteiger charge is -2.39. The van der Waals surface area contributed by atoms with E-state index in [9.17, 15) is 0 Å². The summed E-state index contributed by atoms with van der Waals surface area (Å²) in [6.07, 6.45) is 0. The third-order valence-electron chi connectivity index (χ3n) is 5.30. The minimum Gasteiger partial charge on any atom is -0.383 e. The van der Waals surface area contributed by atoms with Gasteiger partial charge in [0, 0.05) is 44.0 Å². The lowest BCUT2D eigenvalue weighted by Crippen LogP contribution is -2.48. The van der Waals surface area contributed by atoms with Crippen molar-refractivity contribution in [1.82, 2.24) is 25.1 Å². The molecule has 1 aliphatic rings. The maximum absolute atomic E-state index is 6.13. The first kappa shape index (κ1) is 19.8. The number of aromatic nitrogens is 4. The Balaban J connectivity index is 1.58. The van der Waals surface area contributed by atoms with E-state index in [2.05, 4.69) is 67.8 Å². The van der Waals surface area contributed by atoms with E-state index in [4.69, 9.17) is 16.3 Å². The lowest BCUT2D eigenvalue weighted by atomic mass is 10.0. The summed E-state index contributed by atoms with van der Waals surface area (Å²) >= 11 is 6.13. The van der Waals surface area contributed by atoms with Crippen LogP contribution < -0.4 is 4.90 Å². The highest BCUT2D eigenvalue weighted by atomic mass is 35.5. The van der Waals surface area contributed by atoms with Crippen molar-refractivity contribution >= 4 is 17.3 Å². The molecule has 0 spiro atoms. The average Bonchev–Trinajstić information content (AvgIpc) is 3.23. The molecule has 0 saturated carbocycles. The van der Waals surface area contributed by atoms with Gasteiger partial charge in [0.25, 0.3) is 0 Å². The SMILES string of the molecule is COCCn1nnnc1[C@@H](c1ccc(Cl)cc1)N1CCN(c2ccccc2)CC1. The van der Waals surface area contributed by atoms with Gasteiger partial charge in [-0.1, -0.05) is 41.9 Å². The molecule has 0 unspecified atom stereocenters. The van der Waals surface area contributed by atoms with Gasteiger partial charge < -0.3 is 9.64 Å². The fourth-order valence-corrected chi connectivity index (χ4v) is 3.92. The number of piperazine rings is 1. The first-order valence-electron chi connectivity index (χ1n) is 9.81. The predicted octanol–water partition coefficient (Wildman–Crippen LogP) is 2.88. The van der Waals surface area contributed by atoms with Crippen LogP contribution >= 0.6 is 11.6 Å². The summed E-state index contributed by atoms with van der Waals surface area (Å²) in [7, 11) is 1.68. The van der Waals surface area contributed by atoms with Gasteiger partial charge in [0.2, 0.25) is 0 Å². The predicted molar refractivity (Wildman–Crippen MR) is 113 cm³/mol. The van der Waals surface area contributed by atoms with Crippen LogP contribution in [0.3, 0.4) is 0 Å². The molecule has 7 nitrogen and oxygen atoms in total. The summed E-state index contributed by atoms with van der Waals surface area (Å²) in [6, 6.07) is 18.5. The third-order valence-corrected chi connectivity index (χ3v) is 5.55. The van der Waals surface area contributed by atoms with Gasteiger partial charge in [-0.05, 0) is 40.3 Å². The van der Waals surface area contributed by atoms with E-state index in [-0.39, 0.29) is 6.04 Å². The fraction of sp³-hybridized carbons (Fsp3) is 0.381. The largest absolute Gasteiger partial charge is 0.383 e. The molecule has 29 heavy (non-hydrogen) atoms. The minimum absolute atomic E-state index is 0.0305. The first-order valence-corrected chi connectivity index (χ1v) is 10.2. The summed E-state index contributed by atoms with van der Waals surface area (Å²) in [5, 5.41) is 13.2. The van der Waals surface area contributed by atoms with Crippen molar-refractivity contribution in [2.75, 3.05) is 44.8 Å². The van der Waals surface area contributed by atoms with Crippen LogP contribution in [0.2, 0.25) is 5.02 Å². The molecule has 1 aliphatic heterocycles. The molecule has 2 heterocycles. The molecule has 0 amide bonds. The molecule has 1 atom stereocenters. The molecule has 3 aromatic rings. The standard InChI is InChI=1S/C21H25ClN6O/c1-29-16-15-28-21(23-24-25-28)20(17-7-9-18(22)10-8-17)27-13-11-26(12-14-27)19-5-3-2-4-6-19/h2-10,20H,11-16H2,1H3/t20-/m1/s1. The lowest BCUT2D eigenvalue weighted by molar-refractivity contribution is 0.172. The number of ether oxygens (including phenoxy) is 1. The van der Waals surface area contributed by atoms with Crippen molar-refractivity contribution in [2.45, 2.75) is 12.6 Å². The Morgan fingerprint density at radius 1 is 1.00 bits per heavy atom. The van der Waals surface area contributed by atoms with Crippen LogP contribution in [-0.4, -0.2) is 65.0 Å². The molecule has 2 aromatic carbocycles. The van der Waals surface area contributed by atoms with Crippen LogP contribution in [0.4, 0.5) is 5.69 Å². The third kappa shape index (κ3) is 4.58. The van der Waals surface area contributed by atoms with E-state index in [1.54, 1.807) is 7.11 Å². The molecular weight excluding hydrogens is 388 g/mol. The zero-order valence-corrected chi connectivity index (χ0v) is 17.2. The van der Waals surface area contributed by atoms with Crippen molar-refractivity contribution in [3.63, 3.8) is 0 Å². The molecular formula is C21H25ClN6O. The maximum Gasteiger partial charge on any atom is 0.173 e. The maximum atomic E-state index is 6.13. The number of rotatable bonds is 7. The van der Waals surface area contributed by atoms with Gasteiger partial charge in [-0.3, -0.25) is 4.90 Å². The minimum atomic E-state index is -0.0305. The summed E-state index contributed by atoms with van der Waals surface area (Å²) in [6.45, 7) is 4.92. The number of benzene rings is 2. The van der Waals surface area contributed by atoms with Gasteiger partial charge in [-0.2, -0.15) is 0 Å². The number of methoxy groups -OCH3 is 1. The zero-order chi connectivity index (χ0) is 20.1. The number of nitrogens with zero attached hydrogens (tertiary/aromatic N) is 6. The van der Waals surface area contributed by atoms with Gasteiger partial charge in [0.1, 0.15) is 0 Å². The molecule has 4 rings (SSSR count). The second kappa shape index (κ2) is 9.35. The fourth-order valence-electron chi connectivity index (χ4n) is 3.79. The number of halogens is 1. The van der Waals surface area contributed by atoms with E-state index in [0.717, 1.165) is 42.6 Å². The normalized spacial score (nSPS) is 16.1. The highest BCUT2D eigenvalue weighted by Gasteiger charge is 2.30. The Kier molecular flexibility index (Phi) is 6.39. The van der Waals surface area contributed by atoms with Crippen molar-refractivity contribution in [3.8, 4) is 0 Å². The van der Waals surface area contributed by atoms with Crippen molar-refractivity contribution < 1.29 is 4.74 Å². The molecule has 0 radical (unpaired) electrons. The number of hydrogen-bond acceptors (Lipinski definition) is 6. The highest BCUT2D eigenvalue weighted by Crippen LogP contribution is 2.30. The van der Waals surface area contributed by atoms with Crippen molar-refractivity contribution in [2.24, 2.45) is 0 Å². The van der Waals surface area contributed by atoms with Crippen LogP contribution in [0.15, 0.2) is 54.6 Å². The van der Waals surface area contributed by atoms with Crippen LogP contribution in [0.25, 0.3) is 0 Å². The molecule has 1 fully saturated rings. The number of para-hydroxylation sites is 1. The summed E-state index contributed by atoms with van der Waals surface area (Å²) in [4.78, 5) is 4.86. The van der Waals surface area contributed by atoms with Crippen LogP contribution in [0.1, 0.15) is 17.4 Å². The van der Waals surface area contributed by atoms with E-state index in [0.29, 0.717) is 13.2 Å². The van der Waals surface area contributed by atoms with Crippen LogP contribution in [0, 0.1) is 0 Å². The van der Waals surface area contributed by atoms with Crippen LogP contribution in [-0.2, 0) is 11.3 Å². The molecule has 0 aliphatic carbocycles. The summed E-state index contributed by atoms with van der Waals surface area (Å²) < 4.78 is 7.07. The second-order valence-electron chi connectivity index (χ2n) is 7.07.